The van der Waals surface area contributed by atoms with E-state index in [0.717, 1.165) is 29.4 Å². The zero-order valence-corrected chi connectivity index (χ0v) is 20.6. The van der Waals surface area contributed by atoms with Gasteiger partial charge in [-0.2, -0.15) is 0 Å². The second-order valence-electron chi connectivity index (χ2n) is 7.84. The van der Waals surface area contributed by atoms with Crippen molar-refractivity contribution in [1.82, 2.24) is 0 Å². The first-order chi connectivity index (χ1) is 13.8. The van der Waals surface area contributed by atoms with Gasteiger partial charge in [-0.05, 0) is 30.5 Å². The van der Waals surface area contributed by atoms with Crippen LogP contribution in [0, 0.1) is 0 Å². The molecule has 0 N–H and O–H groups in total. The van der Waals surface area contributed by atoms with E-state index in [4.69, 9.17) is 18.9 Å². The highest BCUT2D eigenvalue weighted by Crippen LogP contribution is 2.39. The number of esters is 1. The summed E-state index contributed by atoms with van der Waals surface area (Å²) >= 11 is 0. The van der Waals surface area contributed by atoms with E-state index in [-0.39, 0.29) is 24.0 Å². The predicted octanol–water partition coefficient (Wildman–Crippen LogP) is 0.930. The molecule has 0 aliphatic carbocycles. The molecule has 0 aromatic heterocycles. The zero-order valence-electron chi connectivity index (χ0n) is 18.4. The fourth-order valence-electron chi connectivity index (χ4n) is 2.81. The molecule has 0 radical (unpaired) electrons. The van der Waals surface area contributed by atoms with Gasteiger partial charge in [-0.15, -0.1) is 0 Å². The maximum atomic E-state index is 12.5. The summed E-state index contributed by atoms with van der Waals surface area (Å²) in [7, 11) is 9.50. The minimum absolute atomic E-state index is 0. The number of hydrogen-bond acceptors (Lipinski definition) is 5. The number of quaternary nitrogens is 1. The largest absolute Gasteiger partial charge is 1.00 e. The van der Waals surface area contributed by atoms with Crippen molar-refractivity contribution >= 4 is 5.97 Å². The van der Waals surface area contributed by atoms with Crippen molar-refractivity contribution in [3.8, 4) is 17.2 Å². The molecular formula is C23H32INO5. The van der Waals surface area contributed by atoms with Crippen LogP contribution in [0.3, 0.4) is 0 Å². The summed E-state index contributed by atoms with van der Waals surface area (Å²) in [4.78, 5) is 12.5. The highest BCUT2D eigenvalue weighted by atomic mass is 127. The molecule has 6 nitrogen and oxygen atoms in total. The predicted molar refractivity (Wildman–Crippen MR) is 113 cm³/mol. The van der Waals surface area contributed by atoms with Gasteiger partial charge in [-0.25, -0.2) is 4.79 Å². The molecule has 0 spiro atoms. The van der Waals surface area contributed by atoms with Crippen LogP contribution in [0.5, 0.6) is 17.2 Å². The molecule has 0 saturated carbocycles. The normalized spacial score (nSPS) is 10.7. The van der Waals surface area contributed by atoms with Crippen molar-refractivity contribution in [3.63, 3.8) is 0 Å². The van der Waals surface area contributed by atoms with Crippen LogP contribution in [0.4, 0.5) is 0 Å². The van der Waals surface area contributed by atoms with Gasteiger partial charge in [0.25, 0.3) is 0 Å². The van der Waals surface area contributed by atoms with Gasteiger partial charge >= 0.3 is 5.97 Å². The minimum Gasteiger partial charge on any atom is -1.00 e. The van der Waals surface area contributed by atoms with E-state index < -0.39 is 5.97 Å². The molecular weight excluding hydrogens is 497 g/mol. The molecule has 30 heavy (non-hydrogen) atoms. The van der Waals surface area contributed by atoms with E-state index in [0.29, 0.717) is 36.0 Å². The Labute approximate surface area is 196 Å². The van der Waals surface area contributed by atoms with Gasteiger partial charge in [0, 0.05) is 0 Å². The Morgan fingerprint density at radius 3 is 2.07 bits per heavy atom. The second-order valence-corrected chi connectivity index (χ2v) is 7.84. The minimum atomic E-state index is -0.401. The number of nitrogens with zero attached hydrogens (tertiary/aromatic N) is 1. The van der Waals surface area contributed by atoms with Crippen LogP contribution in [0.15, 0.2) is 42.5 Å². The molecule has 0 fully saturated rings. The number of methoxy groups -OCH3 is 2. The maximum absolute atomic E-state index is 12.5. The van der Waals surface area contributed by atoms with E-state index in [9.17, 15) is 4.79 Å². The van der Waals surface area contributed by atoms with Gasteiger partial charge in [0.2, 0.25) is 5.75 Å². The van der Waals surface area contributed by atoms with Gasteiger partial charge in [0.05, 0.1) is 54.1 Å². The van der Waals surface area contributed by atoms with Crippen molar-refractivity contribution in [3.05, 3.63) is 53.6 Å². The summed E-state index contributed by atoms with van der Waals surface area (Å²) in [6.07, 6.45) is 1.82. The first-order valence-electron chi connectivity index (χ1n) is 9.74. The monoisotopic (exact) mass is 529 g/mol. The number of ether oxygens (including phenoxy) is 4. The Kier molecular flexibility index (Phi) is 11.0. The lowest BCUT2D eigenvalue weighted by Crippen LogP contribution is -3.00. The third-order valence-corrected chi connectivity index (χ3v) is 4.38. The van der Waals surface area contributed by atoms with Crippen LogP contribution < -0.4 is 38.2 Å². The van der Waals surface area contributed by atoms with Gasteiger partial charge in [-0.3, -0.25) is 0 Å². The van der Waals surface area contributed by atoms with Gasteiger partial charge in [0.15, 0.2) is 11.5 Å². The Bertz CT molecular complexity index is 765. The molecule has 0 aliphatic rings. The number of rotatable bonds is 11. The van der Waals surface area contributed by atoms with Gasteiger partial charge in [-0.1, -0.05) is 30.3 Å². The maximum Gasteiger partial charge on any atom is 0.338 e. The molecule has 0 amide bonds. The fraction of sp³-hybridized carbons (Fsp3) is 0.435. The Morgan fingerprint density at radius 2 is 1.53 bits per heavy atom. The Hall–Kier alpha value is -2.00. The number of halogens is 1. The van der Waals surface area contributed by atoms with Gasteiger partial charge < -0.3 is 47.4 Å². The van der Waals surface area contributed by atoms with E-state index >= 15 is 0 Å². The summed E-state index contributed by atoms with van der Waals surface area (Å²) in [6.45, 7) is 1.78. The molecule has 2 aromatic rings. The van der Waals surface area contributed by atoms with Crippen LogP contribution >= 0.6 is 0 Å². The zero-order chi connectivity index (χ0) is 21.3. The summed E-state index contributed by atoms with van der Waals surface area (Å²) in [5.41, 5.74) is 1.39. The average molecular weight is 529 g/mol. The standard InChI is InChI=1S/C23H32NO5.HI/c1-24(2,3)13-9-10-14-28-23(25)19-15-20(26-4)22(21(16-19)27-5)29-17-18-11-7-6-8-12-18;/h6-8,11-12,15-16H,9-10,13-14,17H2,1-5H3;1H/q+1;/p-1. The lowest BCUT2D eigenvalue weighted by atomic mass is 10.1. The van der Waals surface area contributed by atoms with Crippen LogP contribution in [0.1, 0.15) is 28.8 Å². The van der Waals surface area contributed by atoms with Crippen molar-refractivity contribution in [2.24, 2.45) is 0 Å². The van der Waals surface area contributed by atoms with Crippen molar-refractivity contribution in [1.29, 1.82) is 0 Å². The molecule has 0 bridgehead atoms. The quantitative estimate of drug-likeness (QED) is 0.188. The molecule has 0 unspecified atom stereocenters. The SMILES string of the molecule is COc1cc(C(=O)OCCCC[N+](C)(C)C)cc(OC)c1OCc1ccccc1.[I-]. The van der Waals surface area contributed by atoms with Crippen molar-refractivity contribution in [2.45, 2.75) is 19.4 Å². The number of benzene rings is 2. The number of hydrogen-bond donors (Lipinski definition) is 0. The van der Waals surface area contributed by atoms with Crippen LogP contribution in [-0.4, -0.2) is 59.0 Å². The van der Waals surface area contributed by atoms with E-state index in [1.54, 1.807) is 12.1 Å². The third-order valence-electron chi connectivity index (χ3n) is 4.38. The molecule has 7 heteroatoms. The van der Waals surface area contributed by atoms with Crippen LogP contribution in [0.2, 0.25) is 0 Å². The fourth-order valence-corrected chi connectivity index (χ4v) is 2.81. The lowest BCUT2D eigenvalue weighted by Gasteiger charge is -2.23. The van der Waals surface area contributed by atoms with E-state index in [2.05, 4.69) is 21.1 Å². The summed E-state index contributed by atoms with van der Waals surface area (Å²) in [6, 6.07) is 13.0. The molecule has 0 heterocycles. The van der Waals surface area contributed by atoms with Crippen molar-refractivity contribution in [2.75, 3.05) is 48.5 Å². The molecule has 0 aliphatic heterocycles. The third kappa shape index (κ3) is 8.39. The molecule has 0 atom stereocenters. The van der Waals surface area contributed by atoms with Gasteiger partial charge in [0.1, 0.15) is 6.61 Å². The number of carbonyl (C=O) groups excluding carboxylic acids is 1. The van der Waals surface area contributed by atoms with Crippen LogP contribution in [-0.2, 0) is 11.3 Å². The molecule has 2 rings (SSSR count). The molecule has 0 saturated heterocycles. The van der Waals surface area contributed by atoms with Crippen molar-refractivity contribution < 1.29 is 52.2 Å². The number of unbranched alkanes of at least 4 members (excludes halogenated alkanes) is 1. The first-order valence-corrected chi connectivity index (χ1v) is 9.74. The summed E-state index contributed by atoms with van der Waals surface area (Å²) in [5.74, 6) is 0.911. The van der Waals surface area contributed by atoms with E-state index in [1.165, 1.54) is 14.2 Å². The highest BCUT2D eigenvalue weighted by Gasteiger charge is 2.19. The molecule has 2 aromatic carbocycles. The Morgan fingerprint density at radius 1 is 0.933 bits per heavy atom. The molecule has 166 valence electrons. The van der Waals surface area contributed by atoms with E-state index in [1.807, 2.05) is 30.3 Å². The lowest BCUT2D eigenvalue weighted by molar-refractivity contribution is -0.870. The van der Waals surface area contributed by atoms with Crippen LogP contribution in [0.25, 0.3) is 0 Å². The smallest absolute Gasteiger partial charge is 0.338 e. The topological polar surface area (TPSA) is 54.0 Å². The number of carbonyl (C=O) groups is 1. The first kappa shape index (κ1) is 26.0. The Balaban J connectivity index is 0.00000450. The summed E-state index contributed by atoms with van der Waals surface area (Å²) in [5, 5.41) is 0. The second kappa shape index (κ2) is 12.6. The average Bonchev–Trinajstić information content (AvgIpc) is 2.71. The highest BCUT2D eigenvalue weighted by molar-refractivity contribution is 5.91. The summed E-state index contributed by atoms with van der Waals surface area (Å²) < 4.78 is 23.1.